The standard InChI is InChI=1S/C16H23N3OS/c1-16(2,3)18-10-14-9-17-15(21-14)19(12-6-7-12)11-13-5-4-8-20-13/h4-5,8-9,12,18H,6-7,10-11H2,1-3H3. The molecule has 114 valence electrons. The summed E-state index contributed by atoms with van der Waals surface area (Å²) in [6.07, 6.45) is 6.25. The Hall–Kier alpha value is -1.33. The SMILES string of the molecule is CC(C)(C)NCc1cnc(N(Cc2ccco2)C2CC2)s1. The van der Waals surface area contributed by atoms with Crippen molar-refractivity contribution in [2.75, 3.05) is 4.90 Å². The van der Waals surface area contributed by atoms with Gasteiger partial charge >= 0.3 is 0 Å². The number of nitrogens with zero attached hydrogens (tertiary/aromatic N) is 2. The van der Waals surface area contributed by atoms with Crippen LogP contribution in [0.25, 0.3) is 0 Å². The highest BCUT2D eigenvalue weighted by atomic mass is 32.1. The lowest BCUT2D eigenvalue weighted by molar-refractivity contribution is 0.426. The van der Waals surface area contributed by atoms with E-state index < -0.39 is 0 Å². The molecule has 0 atom stereocenters. The van der Waals surface area contributed by atoms with Crippen molar-refractivity contribution in [1.82, 2.24) is 10.3 Å². The van der Waals surface area contributed by atoms with Crippen LogP contribution in [-0.4, -0.2) is 16.6 Å². The van der Waals surface area contributed by atoms with Crippen LogP contribution in [0.5, 0.6) is 0 Å². The van der Waals surface area contributed by atoms with Crippen molar-refractivity contribution in [3.8, 4) is 0 Å². The molecule has 0 bridgehead atoms. The van der Waals surface area contributed by atoms with Gasteiger partial charge in [0.2, 0.25) is 0 Å². The zero-order valence-electron chi connectivity index (χ0n) is 12.9. The lowest BCUT2D eigenvalue weighted by Crippen LogP contribution is -2.34. The fourth-order valence-electron chi connectivity index (χ4n) is 2.17. The molecule has 1 aliphatic rings. The average molecular weight is 305 g/mol. The smallest absolute Gasteiger partial charge is 0.186 e. The van der Waals surface area contributed by atoms with Crippen LogP contribution < -0.4 is 10.2 Å². The van der Waals surface area contributed by atoms with Crippen molar-refractivity contribution >= 4 is 16.5 Å². The average Bonchev–Trinajstić information content (AvgIpc) is 2.94. The third-order valence-corrected chi connectivity index (χ3v) is 4.51. The molecule has 0 radical (unpaired) electrons. The molecule has 0 unspecified atom stereocenters. The van der Waals surface area contributed by atoms with E-state index in [0.29, 0.717) is 6.04 Å². The van der Waals surface area contributed by atoms with Crippen molar-refractivity contribution in [1.29, 1.82) is 0 Å². The number of furan rings is 1. The Balaban J connectivity index is 1.67. The first-order valence-corrected chi connectivity index (χ1v) is 8.32. The first kappa shape index (κ1) is 14.6. The molecule has 2 aromatic rings. The van der Waals surface area contributed by atoms with Gasteiger partial charge in [-0.2, -0.15) is 0 Å². The zero-order chi connectivity index (χ0) is 14.9. The molecule has 0 aliphatic heterocycles. The molecule has 0 saturated heterocycles. The predicted molar refractivity (Wildman–Crippen MR) is 86.6 cm³/mol. The minimum atomic E-state index is 0.133. The van der Waals surface area contributed by atoms with Gasteiger partial charge in [-0.25, -0.2) is 4.98 Å². The molecule has 21 heavy (non-hydrogen) atoms. The molecule has 1 N–H and O–H groups in total. The molecule has 2 heterocycles. The Morgan fingerprint density at radius 1 is 1.43 bits per heavy atom. The van der Waals surface area contributed by atoms with Crippen LogP contribution in [0.1, 0.15) is 44.3 Å². The van der Waals surface area contributed by atoms with E-state index in [2.05, 4.69) is 36.0 Å². The first-order chi connectivity index (χ1) is 10.0. The quantitative estimate of drug-likeness (QED) is 0.881. The van der Waals surface area contributed by atoms with Crippen molar-refractivity contribution < 1.29 is 4.42 Å². The molecule has 1 saturated carbocycles. The van der Waals surface area contributed by atoms with E-state index in [1.807, 2.05) is 18.3 Å². The molecule has 0 aromatic carbocycles. The van der Waals surface area contributed by atoms with E-state index in [0.717, 1.165) is 24.0 Å². The molecule has 0 spiro atoms. The van der Waals surface area contributed by atoms with Crippen LogP contribution in [0.2, 0.25) is 0 Å². The van der Waals surface area contributed by atoms with Crippen molar-refractivity contribution in [2.45, 2.75) is 58.3 Å². The summed E-state index contributed by atoms with van der Waals surface area (Å²) in [5.74, 6) is 1.01. The Labute approximate surface area is 130 Å². The van der Waals surface area contributed by atoms with E-state index in [1.165, 1.54) is 17.7 Å². The van der Waals surface area contributed by atoms with Crippen LogP contribution in [0.3, 0.4) is 0 Å². The number of anilines is 1. The second-order valence-electron chi connectivity index (χ2n) is 6.65. The Morgan fingerprint density at radius 3 is 2.86 bits per heavy atom. The van der Waals surface area contributed by atoms with Gasteiger partial charge in [0.1, 0.15) is 5.76 Å². The third kappa shape index (κ3) is 4.08. The summed E-state index contributed by atoms with van der Waals surface area (Å²) in [6, 6.07) is 4.61. The van der Waals surface area contributed by atoms with Gasteiger partial charge in [0.05, 0.1) is 12.8 Å². The normalized spacial score (nSPS) is 15.4. The maximum absolute atomic E-state index is 5.49. The lowest BCUT2D eigenvalue weighted by Gasteiger charge is -2.20. The largest absolute Gasteiger partial charge is 0.467 e. The molecule has 1 aliphatic carbocycles. The molecule has 4 nitrogen and oxygen atoms in total. The molecule has 2 aromatic heterocycles. The zero-order valence-corrected chi connectivity index (χ0v) is 13.7. The lowest BCUT2D eigenvalue weighted by atomic mass is 10.1. The molecule has 3 rings (SSSR count). The molecular formula is C16H23N3OS. The first-order valence-electron chi connectivity index (χ1n) is 7.50. The van der Waals surface area contributed by atoms with Crippen LogP contribution in [0.4, 0.5) is 5.13 Å². The monoisotopic (exact) mass is 305 g/mol. The third-order valence-electron chi connectivity index (χ3n) is 3.47. The number of rotatable bonds is 6. The number of nitrogens with one attached hydrogen (secondary N) is 1. The Morgan fingerprint density at radius 2 is 2.24 bits per heavy atom. The van der Waals surface area contributed by atoms with Gasteiger partial charge in [-0.05, 0) is 45.7 Å². The molecule has 0 amide bonds. The van der Waals surface area contributed by atoms with Gasteiger partial charge < -0.3 is 14.6 Å². The fraction of sp³-hybridized carbons (Fsp3) is 0.562. The number of aromatic nitrogens is 1. The van der Waals surface area contributed by atoms with E-state index in [9.17, 15) is 0 Å². The predicted octanol–water partition coefficient (Wildman–Crippen LogP) is 3.79. The summed E-state index contributed by atoms with van der Waals surface area (Å²) < 4.78 is 5.49. The van der Waals surface area contributed by atoms with E-state index >= 15 is 0 Å². The summed E-state index contributed by atoms with van der Waals surface area (Å²) in [7, 11) is 0. The highest BCUT2D eigenvalue weighted by Gasteiger charge is 2.31. The minimum absolute atomic E-state index is 0.133. The summed E-state index contributed by atoms with van der Waals surface area (Å²) in [5, 5.41) is 4.62. The maximum atomic E-state index is 5.49. The van der Waals surface area contributed by atoms with Crippen molar-refractivity contribution in [3.05, 3.63) is 35.2 Å². The van der Waals surface area contributed by atoms with Gasteiger partial charge in [-0.15, -0.1) is 11.3 Å². The van der Waals surface area contributed by atoms with E-state index in [4.69, 9.17) is 4.42 Å². The van der Waals surface area contributed by atoms with Gasteiger partial charge in [0, 0.05) is 29.2 Å². The highest BCUT2D eigenvalue weighted by Crippen LogP contribution is 2.35. The van der Waals surface area contributed by atoms with Crippen LogP contribution in [0, 0.1) is 0 Å². The summed E-state index contributed by atoms with van der Waals surface area (Å²) in [4.78, 5) is 8.28. The van der Waals surface area contributed by atoms with Gasteiger partial charge in [-0.1, -0.05) is 0 Å². The highest BCUT2D eigenvalue weighted by molar-refractivity contribution is 7.15. The van der Waals surface area contributed by atoms with Crippen LogP contribution in [-0.2, 0) is 13.1 Å². The minimum Gasteiger partial charge on any atom is -0.467 e. The Bertz CT molecular complexity index is 567. The van der Waals surface area contributed by atoms with Gasteiger partial charge in [0.25, 0.3) is 0 Å². The van der Waals surface area contributed by atoms with Gasteiger partial charge in [0.15, 0.2) is 5.13 Å². The summed E-state index contributed by atoms with van der Waals surface area (Å²) in [5.41, 5.74) is 0.133. The van der Waals surface area contributed by atoms with E-state index in [1.54, 1.807) is 17.6 Å². The fourth-order valence-corrected chi connectivity index (χ4v) is 3.09. The van der Waals surface area contributed by atoms with Crippen LogP contribution >= 0.6 is 11.3 Å². The number of hydrogen-bond donors (Lipinski definition) is 1. The topological polar surface area (TPSA) is 41.3 Å². The van der Waals surface area contributed by atoms with E-state index in [-0.39, 0.29) is 5.54 Å². The number of thiazole rings is 1. The van der Waals surface area contributed by atoms with Crippen LogP contribution in [0.15, 0.2) is 29.0 Å². The molecule has 1 fully saturated rings. The molecular weight excluding hydrogens is 282 g/mol. The number of hydrogen-bond acceptors (Lipinski definition) is 5. The Kier molecular flexibility index (Phi) is 4.04. The van der Waals surface area contributed by atoms with Gasteiger partial charge in [-0.3, -0.25) is 0 Å². The summed E-state index contributed by atoms with van der Waals surface area (Å²) in [6.45, 7) is 8.24. The molecule has 5 heteroatoms. The summed E-state index contributed by atoms with van der Waals surface area (Å²) >= 11 is 1.78. The van der Waals surface area contributed by atoms with Crippen molar-refractivity contribution in [3.63, 3.8) is 0 Å². The maximum Gasteiger partial charge on any atom is 0.186 e. The second kappa shape index (κ2) is 5.81. The second-order valence-corrected chi connectivity index (χ2v) is 7.74. The van der Waals surface area contributed by atoms with Crippen molar-refractivity contribution in [2.24, 2.45) is 0 Å².